The molecule has 0 heterocycles. The number of hydrogen-bond donors (Lipinski definition) is 1. The topological polar surface area (TPSA) is 72.5 Å². The summed E-state index contributed by atoms with van der Waals surface area (Å²) in [4.78, 5) is 34.0. The zero-order chi connectivity index (χ0) is 13.4. The molecule has 1 rings (SSSR count). The smallest absolute Gasteiger partial charge is 0.305 e. The fourth-order valence-corrected chi connectivity index (χ4v) is 2.13. The van der Waals surface area contributed by atoms with E-state index in [4.69, 9.17) is 0 Å². The molecule has 1 N–H and O–H groups in total. The lowest BCUT2D eigenvalue weighted by Crippen LogP contribution is -2.35. The van der Waals surface area contributed by atoms with Gasteiger partial charge in [-0.25, -0.2) is 0 Å². The molecular formula is C13H21NO4. The monoisotopic (exact) mass is 255 g/mol. The minimum absolute atomic E-state index is 0.0202. The van der Waals surface area contributed by atoms with Crippen molar-refractivity contribution in [2.24, 2.45) is 5.92 Å². The van der Waals surface area contributed by atoms with Crippen molar-refractivity contribution < 1.29 is 19.1 Å². The average molecular weight is 255 g/mol. The maximum atomic E-state index is 11.7. The van der Waals surface area contributed by atoms with Crippen molar-refractivity contribution >= 4 is 17.7 Å². The summed E-state index contributed by atoms with van der Waals surface area (Å²) in [6.07, 6.45) is 5.42. The second-order valence-corrected chi connectivity index (χ2v) is 4.67. The quantitative estimate of drug-likeness (QED) is 0.724. The van der Waals surface area contributed by atoms with Gasteiger partial charge in [0.05, 0.1) is 20.1 Å². The Bertz CT molecular complexity index is 308. The SMILES string of the molecule is COC(=O)CCC(=O)CNC(=O)C1CCCCC1. The minimum Gasteiger partial charge on any atom is -0.469 e. The molecule has 0 atom stereocenters. The highest BCUT2D eigenvalue weighted by Gasteiger charge is 2.21. The third kappa shape index (κ3) is 5.29. The molecule has 0 aromatic rings. The Morgan fingerprint density at radius 3 is 2.39 bits per heavy atom. The van der Waals surface area contributed by atoms with E-state index in [2.05, 4.69) is 10.1 Å². The number of hydrogen-bond acceptors (Lipinski definition) is 4. The second-order valence-electron chi connectivity index (χ2n) is 4.67. The highest BCUT2D eigenvalue weighted by Crippen LogP contribution is 2.23. The van der Waals surface area contributed by atoms with Gasteiger partial charge in [0, 0.05) is 12.3 Å². The van der Waals surface area contributed by atoms with Gasteiger partial charge in [-0.15, -0.1) is 0 Å². The van der Waals surface area contributed by atoms with Crippen LogP contribution in [-0.4, -0.2) is 31.3 Å². The summed E-state index contributed by atoms with van der Waals surface area (Å²) >= 11 is 0. The Hall–Kier alpha value is -1.39. The summed E-state index contributed by atoms with van der Waals surface area (Å²) in [5.74, 6) is -0.500. The zero-order valence-corrected chi connectivity index (χ0v) is 10.9. The number of ether oxygens (including phenoxy) is 1. The normalized spacial score (nSPS) is 16.1. The molecule has 0 aliphatic heterocycles. The molecule has 0 radical (unpaired) electrons. The second kappa shape index (κ2) is 7.84. The van der Waals surface area contributed by atoms with E-state index in [9.17, 15) is 14.4 Å². The van der Waals surface area contributed by atoms with Crippen molar-refractivity contribution in [2.45, 2.75) is 44.9 Å². The van der Waals surface area contributed by atoms with Crippen molar-refractivity contribution in [1.82, 2.24) is 5.32 Å². The van der Waals surface area contributed by atoms with Crippen LogP contribution >= 0.6 is 0 Å². The first-order chi connectivity index (χ1) is 8.63. The molecule has 0 spiro atoms. The number of Topliss-reactive ketones (excluding diaryl/α,β-unsaturated/α-hetero) is 1. The molecule has 0 bridgehead atoms. The first-order valence-corrected chi connectivity index (χ1v) is 6.49. The summed E-state index contributed by atoms with van der Waals surface area (Å²) in [7, 11) is 1.29. The van der Waals surface area contributed by atoms with Crippen LogP contribution < -0.4 is 5.32 Å². The number of carbonyl (C=O) groups excluding carboxylic acids is 3. The number of esters is 1. The molecule has 0 aromatic carbocycles. The fraction of sp³-hybridized carbons (Fsp3) is 0.769. The van der Waals surface area contributed by atoms with Crippen LogP contribution in [0.2, 0.25) is 0 Å². The van der Waals surface area contributed by atoms with Gasteiger partial charge in [0.2, 0.25) is 5.91 Å². The number of rotatable bonds is 6. The molecule has 18 heavy (non-hydrogen) atoms. The third-order valence-corrected chi connectivity index (χ3v) is 3.27. The van der Waals surface area contributed by atoms with Gasteiger partial charge >= 0.3 is 5.97 Å². The number of carbonyl (C=O) groups is 3. The standard InChI is InChI=1S/C13H21NO4/c1-18-12(16)8-7-11(15)9-14-13(17)10-5-3-2-4-6-10/h10H,2-9H2,1H3,(H,14,17). The van der Waals surface area contributed by atoms with E-state index >= 15 is 0 Å². The maximum absolute atomic E-state index is 11.7. The molecule has 0 saturated heterocycles. The summed E-state index contributed by atoms with van der Waals surface area (Å²) in [5.41, 5.74) is 0. The van der Waals surface area contributed by atoms with Gasteiger partial charge in [-0.2, -0.15) is 0 Å². The van der Waals surface area contributed by atoms with Crippen LogP contribution in [0.25, 0.3) is 0 Å². The highest BCUT2D eigenvalue weighted by atomic mass is 16.5. The molecule has 102 valence electrons. The van der Waals surface area contributed by atoms with Crippen LogP contribution in [0.5, 0.6) is 0 Å². The van der Waals surface area contributed by atoms with Gasteiger partial charge in [-0.3, -0.25) is 14.4 Å². The number of ketones is 1. The summed E-state index contributed by atoms with van der Waals surface area (Å²) in [5, 5.41) is 2.65. The van der Waals surface area contributed by atoms with E-state index in [1.807, 2.05) is 0 Å². The van der Waals surface area contributed by atoms with Crippen LogP contribution in [0.1, 0.15) is 44.9 Å². The van der Waals surface area contributed by atoms with E-state index < -0.39 is 5.97 Å². The fourth-order valence-electron chi connectivity index (χ4n) is 2.13. The maximum Gasteiger partial charge on any atom is 0.305 e. The van der Waals surface area contributed by atoms with E-state index in [1.54, 1.807) is 0 Å². The Morgan fingerprint density at radius 1 is 1.11 bits per heavy atom. The molecule has 1 aliphatic rings. The molecule has 5 heteroatoms. The predicted molar refractivity (Wildman–Crippen MR) is 65.8 cm³/mol. The van der Waals surface area contributed by atoms with Crippen molar-refractivity contribution in [3.05, 3.63) is 0 Å². The molecule has 0 unspecified atom stereocenters. The summed E-state index contributed by atoms with van der Waals surface area (Å²) in [6.45, 7) is 0.0202. The highest BCUT2D eigenvalue weighted by molar-refractivity contribution is 5.88. The molecule has 1 aliphatic carbocycles. The number of nitrogens with one attached hydrogen (secondary N) is 1. The van der Waals surface area contributed by atoms with E-state index in [1.165, 1.54) is 13.5 Å². The van der Waals surface area contributed by atoms with Gasteiger partial charge in [0.25, 0.3) is 0 Å². The molecule has 5 nitrogen and oxygen atoms in total. The first kappa shape index (κ1) is 14.7. The van der Waals surface area contributed by atoms with Crippen LogP contribution in [0.4, 0.5) is 0 Å². The Labute approximate surface area is 107 Å². The molecular weight excluding hydrogens is 234 g/mol. The zero-order valence-electron chi connectivity index (χ0n) is 10.9. The predicted octanol–water partition coefficient (Wildman–Crippen LogP) is 1.21. The van der Waals surface area contributed by atoms with Gasteiger partial charge in [0.15, 0.2) is 5.78 Å². The molecule has 1 fully saturated rings. The van der Waals surface area contributed by atoms with Crippen LogP contribution in [0.3, 0.4) is 0 Å². The molecule has 0 aromatic heterocycles. The summed E-state index contributed by atoms with van der Waals surface area (Å²) in [6, 6.07) is 0. The minimum atomic E-state index is -0.401. The van der Waals surface area contributed by atoms with Gasteiger partial charge < -0.3 is 10.1 Å². The van der Waals surface area contributed by atoms with Crippen molar-refractivity contribution in [2.75, 3.05) is 13.7 Å². The van der Waals surface area contributed by atoms with Crippen LogP contribution in [0.15, 0.2) is 0 Å². The van der Waals surface area contributed by atoms with E-state index in [0.29, 0.717) is 0 Å². The van der Waals surface area contributed by atoms with Crippen molar-refractivity contribution in [3.63, 3.8) is 0 Å². The third-order valence-electron chi connectivity index (χ3n) is 3.27. The van der Waals surface area contributed by atoms with Gasteiger partial charge in [-0.05, 0) is 12.8 Å². The van der Waals surface area contributed by atoms with Gasteiger partial charge in [0.1, 0.15) is 0 Å². The van der Waals surface area contributed by atoms with Crippen LogP contribution in [0, 0.1) is 5.92 Å². The summed E-state index contributed by atoms with van der Waals surface area (Å²) < 4.78 is 4.44. The lowest BCUT2D eigenvalue weighted by atomic mass is 9.88. The molecule has 1 amide bonds. The average Bonchev–Trinajstić information content (AvgIpc) is 2.42. The Balaban J connectivity index is 2.17. The van der Waals surface area contributed by atoms with Gasteiger partial charge in [-0.1, -0.05) is 19.3 Å². The first-order valence-electron chi connectivity index (χ1n) is 6.49. The number of amides is 1. The Kier molecular flexibility index (Phi) is 6.39. The number of methoxy groups -OCH3 is 1. The Morgan fingerprint density at radius 2 is 1.78 bits per heavy atom. The van der Waals surface area contributed by atoms with Crippen molar-refractivity contribution in [3.8, 4) is 0 Å². The van der Waals surface area contributed by atoms with E-state index in [0.717, 1.165) is 25.7 Å². The van der Waals surface area contributed by atoms with Crippen molar-refractivity contribution in [1.29, 1.82) is 0 Å². The lowest BCUT2D eigenvalue weighted by molar-refractivity contribution is -0.141. The van der Waals surface area contributed by atoms with E-state index in [-0.39, 0.29) is 37.0 Å². The lowest BCUT2D eigenvalue weighted by Gasteiger charge is -2.20. The van der Waals surface area contributed by atoms with Crippen LogP contribution in [-0.2, 0) is 19.1 Å². The largest absolute Gasteiger partial charge is 0.469 e. The molecule has 1 saturated carbocycles.